The fourth-order valence-corrected chi connectivity index (χ4v) is 3.32. The number of anilines is 2. The van der Waals surface area contributed by atoms with Crippen molar-refractivity contribution >= 4 is 37.5 Å². The van der Waals surface area contributed by atoms with Crippen LogP contribution in [0.3, 0.4) is 0 Å². The maximum Gasteiger partial charge on any atom is 0.281 e. The molecule has 0 saturated carbocycles. The van der Waals surface area contributed by atoms with E-state index < -0.39 is 15.8 Å². The van der Waals surface area contributed by atoms with Crippen LogP contribution in [-0.4, -0.2) is 18.0 Å². The van der Waals surface area contributed by atoms with Crippen LogP contribution in [0, 0.1) is 5.82 Å². The number of aryl methyl sites for hydroxylation is 1. The molecule has 0 radical (unpaired) electrons. The molecule has 0 saturated heterocycles. The van der Waals surface area contributed by atoms with E-state index in [0.29, 0.717) is 4.47 Å². The minimum atomic E-state index is -3.94. The second-order valence-corrected chi connectivity index (χ2v) is 6.23. The zero-order valence-corrected chi connectivity index (χ0v) is 12.2. The highest BCUT2D eigenvalue weighted by Crippen LogP contribution is 2.27. The lowest BCUT2D eigenvalue weighted by molar-refractivity contribution is 0.591. The molecule has 9 heteroatoms. The molecule has 0 aliphatic heterocycles. The average Bonchev–Trinajstić information content (AvgIpc) is 2.64. The Hall–Kier alpha value is -1.61. The van der Waals surface area contributed by atoms with E-state index in [0.717, 1.165) is 6.07 Å². The third-order valence-electron chi connectivity index (χ3n) is 2.34. The lowest BCUT2D eigenvalue weighted by atomic mass is 10.3. The molecule has 0 spiro atoms. The van der Waals surface area contributed by atoms with Gasteiger partial charge in [0.1, 0.15) is 5.82 Å². The van der Waals surface area contributed by atoms with Gasteiger partial charge in [0.05, 0.1) is 12.0 Å². The molecule has 0 aliphatic carbocycles. The number of rotatable bonds is 3. The standard InChI is InChI=1S/C10H10BrFN4O2S/c1-16-5-14-9(13)10(16)19(17,18)15-8-4-6(12)2-3-7(8)11/h2-5,15H,13H2,1H3. The second-order valence-electron chi connectivity index (χ2n) is 3.78. The van der Waals surface area contributed by atoms with Gasteiger partial charge in [-0.1, -0.05) is 0 Å². The summed E-state index contributed by atoms with van der Waals surface area (Å²) in [6.45, 7) is 0. The topological polar surface area (TPSA) is 90.0 Å². The Kier molecular flexibility index (Phi) is 3.50. The van der Waals surface area contributed by atoms with Gasteiger partial charge in [-0.15, -0.1) is 0 Å². The Morgan fingerprint density at radius 1 is 1.47 bits per heavy atom. The molecule has 1 aromatic heterocycles. The summed E-state index contributed by atoms with van der Waals surface area (Å²) in [4.78, 5) is 3.70. The van der Waals surface area contributed by atoms with Gasteiger partial charge in [0, 0.05) is 11.5 Å². The molecule has 0 unspecified atom stereocenters. The molecule has 0 aliphatic rings. The normalized spacial score (nSPS) is 11.5. The molecule has 0 fully saturated rings. The van der Waals surface area contributed by atoms with Crippen LogP contribution < -0.4 is 10.5 Å². The quantitative estimate of drug-likeness (QED) is 0.883. The molecule has 2 aromatic rings. The third-order valence-corrected chi connectivity index (χ3v) is 4.52. The average molecular weight is 349 g/mol. The van der Waals surface area contributed by atoms with Crippen LogP contribution in [0.4, 0.5) is 15.9 Å². The molecule has 1 heterocycles. The summed E-state index contributed by atoms with van der Waals surface area (Å²) in [5.74, 6) is -0.679. The van der Waals surface area contributed by atoms with Crippen molar-refractivity contribution in [2.75, 3.05) is 10.5 Å². The van der Waals surface area contributed by atoms with Crippen molar-refractivity contribution < 1.29 is 12.8 Å². The van der Waals surface area contributed by atoms with Crippen LogP contribution in [0.25, 0.3) is 0 Å². The second kappa shape index (κ2) is 4.82. The van der Waals surface area contributed by atoms with Gasteiger partial charge >= 0.3 is 0 Å². The van der Waals surface area contributed by atoms with Gasteiger partial charge in [-0.05, 0) is 34.1 Å². The number of hydrogen-bond donors (Lipinski definition) is 2. The van der Waals surface area contributed by atoms with Crippen molar-refractivity contribution in [3.63, 3.8) is 0 Å². The van der Waals surface area contributed by atoms with Gasteiger partial charge in [-0.2, -0.15) is 8.42 Å². The number of nitrogen functional groups attached to an aromatic ring is 1. The van der Waals surface area contributed by atoms with E-state index in [9.17, 15) is 12.8 Å². The summed E-state index contributed by atoms with van der Waals surface area (Å²) in [6, 6.07) is 3.67. The predicted molar refractivity (Wildman–Crippen MR) is 72.5 cm³/mol. The summed E-state index contributed by atoms with van der Waals surface area (Å²) in [5.41, 5.74) is 5.60. The molecule has 6 nitrogen and oxygen atoms in total. The van der Waals surface area contributed by atoms with E-state index in [1.54, 1.807) is 0 Å². The SMILES string of the molecule is Cn1cnc(N)c1S(=O)(=O)Nc1cc(F)ccc1Br. The highest BCUT2D eigenvalue weighted by atomic mass is 79.9. The van der Waals surface area contributed by atoms with Crippen molar-refractivity contribution in [3.8, 4) is 0 Å². The molecule has 3 N–H and O–H groups in total. The smallest absolute Gasteiger partial charge is 0.281 e. The summed E-state index contributed by atoms with van der Waals surface area (Å²) in [6.07, 6.45) is 1.28. The van der Waals surface area contributed by atoms with Crippen molar-refractivity contribution in [1.82, 2.24) is 9.55 Å². The lowest BCUT2D eigenvalue weighted by Gasteiger charge is -2.10. The summed E-state index contributed by atoms with van der Waals surface area (Å²) < 4.78 is 41.4. The van der Waals surface area contributed by atoms with E-state index >= 15 is 0 Å². The van der Waals surface area contributed by atoms with Gasteiger partial charge in [-0.3, -0.25) is 4.72 Å². The van der Waals surface area contributed by atoms with Gasteiger partial charge in [0.15, 0.2) is 10.8 Å². The summed E-state index contributed by atoms with van der Waals surface area (Å²) in [7, 11) is -2.44. The van der Waals surface area contributed by atoms with Crippen LogP contribution in [-0.2, 0) is 17.1 Å². The summed E-state index contributed by atoms with van der Waals surface area (Å²) >= 11 is 3.14. The molecule has 0 atom stereocenters. The van der Waals surface area contributed by atoms with E-state index in [2.05, 4.69) is 25.6 Å². The first kappa shape index (κ1) is 13.8. The number of halogens is 2. The number of hydrogen-bond acceptors (Lipinski definition) is 4. The largest absolute Gasteiger partial charge is 0.381 e. The number of nitrogens with one attached hydrogen (secondary N) is 1. The number of aromatic nitrogens is 2. The number of nitrogens with two attached hydrogens (primary N) is 1. The molecule has 19 heavy (non-hydrogen) atoms. The van der Waals surface area contributed by atoms with E-state index in [1.807, 2.05) is 0 Å². The van der Waals surface area contributed by atoms with Gasteiger partial charge in [0.25, 0.3) is 10.0 Å². The van der Waals surface area contributed by atoms with Crippen molar-refractivity contribution in [3.05, 3.63) is 34.8 Å². The third kappa shape index (κ3) is 2.71. The number of nitrogens with zero attached hydrogens (tertiary/aromatic N) is 2. The monoisotopic (exact) mass is 348 g/mol. The maximum atomic E-state index is 13.1. The number of imidazole rings is 1. The molecular weight excluding hydrogens is 339 g/mol. The Bertz CT molecular complexity index is 710. The molecule has 0 bridgehead atoms. The van der Waals surface area contributed by atoms with E-state index in [1.165, 1.54) is 30.1 Å². The van der Waals surface area contributed by atoms with Crippen LogP contribution in [0.15, 0.2) is 34.0 Å². The maximum absolute atomic E-state index is 13.1. The van der Waals surface area contributed by atoms with Crippen molar-refractivity contribution in [2.24, 2.45) is 7.05 Å². The molecule has 102 valence electrons. The van der Waals surface area contributed by atoms with Crippen LogP contribution in [0.5, 0.6) is 0 Å². The number of benzene rings is 1. The van der Waals surface area contributed by atoms with Crippen LogP contribution in [0.2, 0.25) is 0 Å². The minimum Gasteiger partial charge on any atom is -0.381 e. The Morgan fingerprint density at radius 2 is 2.16 bits per heavy atom. The van der Waals surface area contributed by atoms with Crippen molar-refractivity contribution in [1.29, 1.82) is 0 Å². The lowest BCUT2D eigenvalue weighted by Crippen LogP contribution is -2.18. The number of sulfonamides is 1. The molecule has 2 rings (SSSR count). The zero-order valence-electron chi connectivity index (χ0n) is 9.76. The molecule has 1 aromatic carbocycles. The van der Waals surface area contributed by atoms with E-state index in [-0.39, 0.29) is 16.5 Å². The predicted octanol–water partition coefficient (Wildman–Crippen LogP) is 1.70. The molecular formula is C10H10BrFN4O2S. The summed E-state index contributed by atoms with van der Waals surface area (Å²) in [5, 5.41) is -0.177. The van der Waals surface area contributed by atoms with E-state index in [4.69, 9.17) is 5.73 Å². The van der Waals surface area contributed by atoms with Crippen LogP contribution in [0.1, 0.15) is 0 Å². The van der Waals surface area contributed by atoms with Gasteiger partial charge in [0.2, 0.25) is 0 Å². The first-order chi connectivity index (χ1) is 8.81. The van der Waals surface area contributed by atoms with Gasteiger partial charge in [-0.25, -0.2) is 9.37 Å². The zero-order chi connectivity index (χ0) is 14.2. The van der Waals surface area contributed by atoms with Crippen molar-refractivity contribution in [2.45, 2.75) is 5.03 Å². The highest BCUT2D eigenvalue weighted by Gasteiger charge is 2.23. The highest BCUT2D eigenvalue weighted by molar-refractivity contribution is 9.10. The Balaban J connectivity index is 2.45. The first-order valence-electron chi connectivity index (χ1n) is 5.06. The van der Waals surface area contributed by atoms with Crippen LogP contribution >= 0.6 is 15.9 Å². The first-order valence-corrected chi connectivity index (χ1v) is 7.33. The Morgan fingerprint density at radius 3 is 2.74 bits per heavy atom. The fraction of sp³-hybridized carbons (Fsp3) is 0.100. The minimum absolute atomic E-state index is 0.0839. The van der Waals surface area contributed by atoms with Gasteiger partial charge < -0.3 is 10.3 Å². The molecule has 0 amide bonds. The Labute approximate surface area is 117 Å². The fourth-order valence-electron chi connectivity index (χ4n) is 1.53.